The van der Waals surface area contributed by atoms with Gasteiger partial charge >= 0.3 is 0 Å². The highest BCUT2D eigenvalue weighted by atomic mass is 16.3. The highest BCUT2D eigenvalue weighted by Gasteiger charge is 2.17. The van der Waals surface area contributed by atoms with E-state index in [9.17, 15) is 0 Å². The quantitative estimate of drug-likeness (QED) is 0.176. The van der Waals surface area contributed by atoms with Gasteiger partial charge in [0, 0.05) is 33.0 Å². The molecule has 0 radical (unpaired) electrons. The van der Waals surface area contributed by atoms with Crippen molar-refractivity contribution in [3.63, 3.8) is 0 Å². The Hall–Kier alpha value is -7.17. The molecule has 10 rings (SSSR count). The molecule has 8 aromatic carbocycles. The summed E-state index contributed by atoms with van der Waals surface area (Å²) in [6, 6.07) is 65.1. The number of furan rings is 1. The normalized spacial score (nSPS) is 11.4. The van der Waals surface area contributed by atoms with Crippen LogP contribution < -0.4 is 0 Å². The van der Waals surface area contributed by atoms with Crippen molar-refractivity contribution >= 4 is 32.7 Å². The molecule has 0 atom stereocenters. The minimum Gasteiger partial charge on any atom is -0.455 e. The number of nitrogens with zero attached hydrogens (tertiary/aromatic N) is 3. The molecule has 248 valence electrons. The maximum atomic E-state index is 6.35. The first-order chi connectivity index (χ1) is 26.3. The Morgan fingerprint density at radius 2 is 0.755 bits per heavy atom. The van der Waals surface area contributed by atoms with Crippen molar-refractivity contribution in [3.05, 3.63) is 188 Å². The van der Waals surface area contributed by atoms with Crippen molar-refractivity contribution in [2.75, 3.05) is 0 Å². The average molecular weight is 678 g/mol. The number of hydrogen-bond donors (Lipinski definition) is 0. The zero-order chi connectivity index (χ0) is 35.1. The number of rotatable bonds is 6. The Kier molecular flexibility index (Phi) is 7.43. The average Bonchev–Trinajstić information content (AvgIpc) is 3.63. The molecule has 0 saturated heterocycles. The summed E-state index contributed by atoms with van der Waals surface area (Å²) in [5, 5.41) is 4.67. The number of hydrogen-bond acceptors (Lipinski definition) is 4. The van der Waals surface area contributed by atoms with Gasteiger partial charge in [0.1, 0.15) is 11.2 Å². The van der Waals surface area contributed by atoms with Crippen molar-refractivity contribution in [1.82, 2.24) is 15.0 Å². The first-order valence-electron chi connectivity index (χ1n) is 17.8. The van der Waals surface area contributed by atoms with Gasteiger partial charge in [0.25, 0.3) is 0 Å². The first-order valence-corrected chi connectivity index (χ1v) is 17.8. The van der Waals surface area contributed by atoms with Crippen LogP contribution in [0, 0.1) is 0 Å². The molecule has 0 saturated carbocycles. The molecule has 0 aliphatic heterocycles. The third-order valence-electron chi connectivity index (χ3n) is 9.99. The molecule has 2 heterocycles. The van der Waals surface area contributed by atoms with Crippen LogP contribution >= 0.6 is 0 Å². The topological polar surface area (TPSA) is 51.8 Å². The Bertz CT molecular complexity index is 2920. The fraction of sp³-hybridized carbons (Fsp3) is 0. The Morgan fingerprint density at radius 3 is 1.51 bits per heavy atom. The summed E-state index contributed by atoms with van der Waals surface area (Å²) < 4.78 is 6.35. The second-order valence-corrected chi connectivity index (χ2v) is 13.2. The summed E-state index contributed by atoms with van der Waals surface area (Å²) in [6.45, 7) is 0. The van der Waals surface area contributed by atoms with Crippen LogP contribution in [0.1, 0.15) is 0 Å². The van der Waals surface area contributed by atoms with Crippen molar-refractivity contribution in [2.45, 2.75) is 0 Å². The van der Waals surface area contributed by atoms with Crippen molar-refractivity contribution in [1.29, 1.82) is 0 Å². The Morgan fingerprint density at radius 1 is 0.283 bits per heavy atom. The first kappa shape index (κ1) is 30.6. The maximum Gasteiger partial charge on any atom is 0.164 e. The minimum atomic E-state index is 0.611. The van der Waals surface area contributed by atoms with Crippen LogP contribution in [0.15, 0.2) is 192 Å². The van der Waals surface area contributed by atoms with Gasteiger partial charge in [-0.25, -0.2) is 15.0 Å². The summed E-state index contributed by atoms with van der Waals surface area (Å²) in [5.74, 6) is 1.85. The van der Waals surface area contributed by atoms with E-state index in [0.717, 1.165) is 66.4 Å². The van der Waals surface area contributed by atoms with Crippen molar-refractivity contribution < 1.29 is 4.42 Å². The van der Waals surface area contributed by atoms with E-state index < -0.39 is 0 Å². The molecule has 0 spiro atoms. The van der Waals surface area contributed by atoms with Gasteiger partial charge < -0.3 is 4.42 Å². The largest absolute Gasteiger partial charge is 0.455 e. The molecule has 0 unspecified atom stereocenters. The third kappa shape index (κ3) is 5.54. The molecule has 0 aliphatic rings. The molecule has 0 N–H and O–H groups in total. The van der Waals surface area contributed by atoms with Crippen LogP contribution in [0.5, 0.6) is 0 Å². The van der Waals surface area contributed by atoms with Gasteiger partial charge in [0.05, 0.1) is 0 Å². The van der Waals surface area contributed by atoms with Gasteiger partial charge in [0.15, 0.2) is 17.5 Å². The van der Waals surface area contributed by atoms with E-state index in [0.29, 0.717) is 17.5 Å². The predicted octanol–water partition coefficient (Wildman–Crippen LogP) is 12.9. The van der Waals surface area contributed by atoms with E-state index in [2.05, 4.69) is 158 Å². The number of benzene rings is 8. The van der Waals surface area contributed by atoms with Crippen molar-refractivity contribution in [3.8, 4) is 67.5 Å². The van der Waals surface area contributed by atoms with Crippen LogP contribution in [-0.4, -0.2) is 15.0 Å². The monoisotopic (exact) mass is 677 g/mol. The molecule has 0 aliphatic carbocycles. The lowest BCUT2D eigenvalue weighted by Crippen LogP contribution is -2.01. The zero-order valence-corrected chi connectivity index (χ0v) is 28.6. The zero-order valence-electron chi connectivity index (χ0n) is 28.6. The number of aromatic nitrogens is 3. The Labute approximate surface area is 306 Å². The molecule has 0 amide bonds. The Balaban J connectivity index is 1.09. The fourth-order valence-corrected chi connectivity index (χ4v) is 7.35. The molecule has 4 nitrogen and oxygen atoms in total. The molecular formula is C49H31N3O. The number of para-hydroxylation sites is 2. The smallest absolute Gasteiger partial charge is 0.164 e. The van der Waals surface area contributed by atoms with E-state index in [-0.39, 0.29) is 0 Å². The number of fused-ring (bicyclic) bond motifs is 4. The van der Waals surface area contributed by atoms with E-state index in [1.807, 2.05) is 30.3 Å². The van der Waals surface area contributed by atoms with Gasteiger partial charge in [-0.3, -0.25) is 0 Å². The lowest BCUT2D eigenvalue weighted by Gasteiger charge is -2.13. The predicted molar refractivity (Wildman–Crippen MR) is 217 cm³/mol. The van der Waals surface area contributed by atoms with Crippen LogP contribution in [0.3, 0.4) is 0 Å². The van der Waals surface area contributed by atoms with Gasteiger partial charge in [0.2, 0.25) is 0 Å². The summed E-state index contributed by atoms with van der Waals surface area (Å²) in [7, 11) is 0. The summed E-state index contributed by atoms with van der Waals surface area (Å²) >= 11 is 0. The van der Waals surface area contributed by atoms with Crippen LogP contribution in [0.4, 0.5) is 0 Å². The lowest BCUT2D eigenvalue weighted by molar-refractivity contribution is 0.670. The molecule has 53 heavy (non-hydrogen) atoms. The van der Waals surface area contributed by atoms with Crippen LogP contribution in [0.2, 0.25) is 0 Å². The summed E-state index contributed by atoms with van der Waals surface area (Å²) in [4.78, 5) is 15.3. The van der Waals surface area contributed by atoms with E-state index >= 15 is 0 Å². The molecular weight excluding hydrogens is 647 g/mol. The molecule has 2 aromatic heterocycles. The molecule has 0 bridgehead atoms. The second-order valence-electron chi connectivity index (χ2n) is 13.2. The third-order valence-corrected chi connectivity index (χ3v) is 9.99. The molecule has 0 fully saturated rings. The van der Waals surface area contributed by atoms with Crippen LogP contribution in [0.25, 0.3) is 100 Å². The lowest BCUT2D eigenvalue weighted by atomic mass is 9.97. The van der Waals surface area contributed by atoms with Crippen molar-refractivity contribution in [2.24, 2.45) is 0 Å². The molecule has 4 heteroatoms. The molecule has 10 aromatic rings. The van der Waals surface area contributed by atoms with Gasteiger partial charge in [-0.15, -0.1) is 0 Å². The standard InChI is InChI=1S/C49H31N3O/c1-2-12-32(13-3-1)40-17-6-7-19-44(40)49-51-47(36-28-24-34(25-29-36)39-20-10-15-33-14-4-5-16-38(33)39)50-48(52-49)37-30-26-35(27-31-37)41-21-11-22-43-42-18-8-9-23-45(42)53-46(41)43/h1-31H. The fourth-order valence-electron chi connectivity index (χ4n) is 7.35. The van der Waals surface area contributed by atoms with Gasteiger partial charge in [-0.05, 0) is 44.7 Å². The highest BCUT2D eigenvalue weighted by molar-refractivity contribution is 6.09. The van der Waals surface area contributed by atoms with E-state index in [4.69, 9.17) is 19.4 Å². The maximum absolute atomic E-state index is 6.35. The van der Waals surface area contributed by atoms with E-state index in [1.165, 1.54) is 16.3 Å². The van der Waals surface area contributed by atoms with Gasteiger partial charge in [-0.2, -0.15) is 0 Å². The SMILES string of the molecule is c1ccc(-c2ccccc2-c2nc(-c3ccc(-c4cccc5ccccc45)cc3)nc(-c3ccc(-c4cccc5c4oc4ccccc45)cc3)n2)cc1. The van der Waals surface area contributed by atoms with Gasteiger partial charge in [-0.1, -0.05) is 182 Å². The minimum absolute atomic E-state index is 0.611. The summed E-state index contributed by atoms with van der Waals surface area (Å²) in [5.41, 5.74) is 11.2. The highest BCUT2D eigenvalue weighted by Crippen LogP contribution is 2.37. The summed E-state index contributed by atoms with van der Waals surface area (Å²) in [6.07, 6.45) is 0. The van der Waals surface area contributed by atoms with E-state index in [1.54, 1.807) is 0 Å². The second kappa shape index (κ2) is 12.9. The van der Waals surface area contributed by atoms with Crippen LogP contribution in [-0.2, 0) is 0 Å².